The number of rotatable bonds is 6. The normalized spacial score (nSPS) is 12.5. The van der Waals surface area contributed by atoms with Crippen LogP contribution >= 0.6 is 11.3 Å². The lowest BCUT2D eigenvalue weighted by molar-refractivity contribution is -0.131. The largest absolute Gasteiger partial charge is 0.339 e. The number of nitrogens with zero attached hydrogens (tertiary/aromatic N) is 1. The van der Waals surface area contributed by atoms with Crippen LogP contribution in [-0.2, 0) is 11.3 Å². The Balaban J connectivity index is 2.49. The summed E-state index contributed by atoms with van der Waals surface area (Å²) in [5.74, 6) is 0.0475. The number of thiophene rings is 1. The number of hydrogen-bond donors (Lipinski definition) is 1. The van der Waals surface area contributed by atoms with Gasteiger partial charge in [0.25, 0.3) is 0 Å². The Hall–Kier alpha value is -0.870. The van der Waals surface area contributed by atoms with Crippen LogP contribution < -0.4 is 5.73 Å². The van der Waals surface area contributed by atoms with Gasteiger partial charge in [0.2, 0.25) is 5.91 Å². The molecule has 0 saturated carbocycles. The minimum atomic E-state index is -0.347. The molecule has 0 aliphatic heterocycles. The SMILES string of the molecule is CCCCC(N)C(=O)N(C)Cc1sccc1C. The first-order valence-electron chi connectivity index (χ1n) is 6.09. The average Bonchev–Trinajstić information content (AvgIpc) is 2.70. The summed E-state index contributed by atoms with van der Waals surface area (Å²) in [6.07, 6.45) is 2.87. The summed E-state index contributed by atoms with van der Waals surface area (Å²) < 4.78 is 0. The third-order valence-corrected chi connectivity index (χ3v) is 3.92. The van der Waals surface area contributed by atoms with Gasteiger partial charge >= 0.3 is 0 Å². The molecule has 2 N–H and O–H groups in total. The van der Waals surface area contributed by atoms with Crippen molar-refractivity contribution in [2.75, 3.05) is 7.05 Å². The summed E-state index contributed by atoms with van der Waals surface area (Å²) in [6.45, 7) is 4.85. The third kappa shape index (κ3) is 4.13. The summed E-state index contributed by atoms with van der Waals surface area (Å²) in [7, 11) is 1.83. The highest BCUT2D eigenvalue weighted by molar-refractivity contribution is 7.10. The lowest BCUT2D eigenvalue weighted by Crippen LogP contribution is -2.41. The number of carbonyl (C=O) groups excluding carboxylic acids is 1. The maximum Gasteiger partial charge on any atom is 0.239 e. The summed E-state index contributed by atoms with van der Waals surface area (Å²) in [6, 6.07) is 1.73. The number of unbranched alkanes of at least 4 members (excludes halogenated alkanes) is 1. The number of aryl methyl sites for hydroxylation is 1. The van der Waals surface area contributed by atoms with E-state index in [1.165, 1.54) is 10.4 Å². The van der Waals surface area contributed by atoms with Crippen molar-refractivity contribution in [2.45, 2.75) is 45.7 Å². The van der Waals surface area contributed by atoms with Crippen LogP contribution in [-0.4, -0.2) is 23.9 Å². The molecule has 0 aliphatic rings. The van der Waals surface area contributed by atoms with Crippen LogP contribution in [0.2, 0.25) is 0 Å². The number of carbonyl (C=O) groups is 1. The summed E-state index contributed by atoms with van der Waals surface area (Å²) in [5, 5.41) is 2.06. The van der Waals surface area contributed by atoms with Gasteiger partial charge in [0.15, 0.2) is 0 Å². The molecule has 1 aromatic rings. The maximum absolute atomic E-state index is 12.0. The predicted molar refractivity (Wildman–Crippen MR) is 73.0 cm³/mol. The Labute approximate surface area is 108 Å². The molecular weight excluding hydrogens is 232 g/mol. The van der Waals surface area contributed by atoms with E-state index in [0.717, 1.165) is 19.3 Å². The molecule has 1 atom stereocenters. The van der Waals surface area contributed by atoms with Gasteiger partial charge in [0.05, 0.1) is 12.6 Å². The Morgan fingerprint density at radius 3 is 2.82 bits per heavy atom. The molecule has 0 saturated heterocycles. The maximum atomic E-state index is 12.0. The van der Waals surface area contributed by atoms with E-state index in [4.69, 9.17) is 5.73 Å². The molecule has 3 nitrogen and oxygen atoms in total. The molecular formula is C13H22N2OS. The average molecular weight is 254 g/mol. The predicted octanol–water partition coefficient (Wildman–Crippen LogP) is 2.53. The number of likely N-dealkylation sites (N-methyl/N-ethyl adjacent to an activating group) is 1. The van der Waals surface area contributed by atoms with Crippen molar-refractivity contribution in [1.82, 2.24) is 4.90 Å². The van der Waals surface area contributed by atoms with Crippen LogP contribution in [0.15, 0.2) is 11.4 Å². The molecule has 1 rings (SSSR count). The van der Waals surface area contributed by atoms with Gasteiger partial charge < -0.3 is 10.6 Å². The molecule has 0 aliphatic carbocycles. The van der Waals surface area contributed by atoms with Gasteiger partial charge in [-0.25, -0.2) is 0 Å². The summed E-state index contributed by atoms with van der Waals surface area (Å²) in [4.78, 5) is 15.0. The van der Waals surface area contributed by atoms with Crippen LogP contribution in [0.5, 0.6) is 0 Å². The smallest absolute Gasteiger partial charge is 0.239 e. The Kier molecular flexibility index (Phi) is 5.65. The highest BCUT2D eigenvalue weighted by atomic mass is 32.1. The standard InChI is InChI=1S/C13H22N2OS/c1-4-5-6-11(14)13(16)15(3)9-12-10(2)7-8-17-12/h7-8,11H,4-6,9,14H2,1-3H3. The highest BCUT2D eigenvalue weighted by Gasteiger charge is 2.18. The number of amides is 1. The van der Waals surface area contributed by atoms with E-state index < -0.39 is 0 Å². The van der Waals surface area contributed by atoms with E-state index in [0.29, 0.717) is 6.54 Å². The first-order chi connectivity index (χ1) is 8.06. The van der Waals surface area contributed by atoms with E-state index in [1.807, 2.05) is 7.05 Å². The molecule has 0 radical (unpaired) electrons. The van der Waals surface area contributed by atoms with Gasteiger partial charge in [-0.2, -0.15) is 0 Å². The van der Waals surface area contributed by atoms with Gasteiger partial charge in [-0.3, -0.25) is 4.79 Å². The zero-order valence-corrected chi connectivity index (χ0v) is 11.7. The van der Waals surface area contributed by atoms with Crippen molar-refractivity contribution in [2.24, 2.45) is 5.73 Å². The highest BCUT2D eigenvalue weighted by Crippen LogP contribution is 2.17. The molecule has 4 heteroatoms. The zero-order valence-electron chi connectivity index (χ0n) is 10.9. The van der Waals surface area contributed by atoms with Crippen LogP contribution in [0.25, 0.3) is 0 Å². The molecule has 1 aromatic heterocycles. The molecule has 0 bridgehead atoms. The van der Waals surface area contributed by atoms with Crippen molar-refractivity contribution < 1.29 is 4.79 Å². The van der Waals surface area contributed by atoms with Crippen LogP contribution in [0.1, 0.15) is 36.6 Å². The summed E-state index contributed by atoms with van der Waals surface area (Å²) in [5.41, 5.74) is 7.13. The fourth-order valence-corrected chi connectivity index (χ4v) is 2.65. The van der Waals surface area contributed by atoms with Gasteiger partial charge in [-0.15, -0.1) is 11.3 Å². The lowest BCUT2D eigenvalue weighted by Gasteiger charge is -2.21. The summed E-state index contributed by atoms with van der Waals surface area (Å²) >= 11 is 1.69. The van der Waals surface area contributed by atoms with Crippen molar-refractivity contribution >= 4 is 17.2 Å². The molecule has 1 amide bonds. The molecule has 0 fully saturated rings. The molecule has 1 heterocycles. The second kappa shape index (κ2) is 6.77. The molecule has 17 heavy (non-hydrogen) atoms. The molecule has 0 spiro atoms. The van der Waals surface area contributed by atoms with Gasteiger partial charge in [-0.1, -0.05) is 19.8 Å². The van der Waals surface area contributed by atoms with Gasteiger partial charge in [-0.05, 0) is 30.4 Å². The van der Waals surface area contributed by atoms with Gasteiger partial charge in [0, 0.05) is 11.9 Å². The van der Waals surface area contributed by atoms with E-state index >= 15 is 0 Å². The van der Waals surface area contributed by atoms with Crippen molar-refractivity contribution in [3.8, 4) is 0 Å². The fraction of sp³-hybridized carbons (Fsp3) is 0.615. The van der Waals surface area contributed by atoms with Crippen LogP contribution in [0.3, 0.4) is 0 Å². The van der Waals surface area contributed by atoms with Gasteiger partial charge in [0.1, 0.15) is 0 Å². The van der Waals surface area contributed by atoms with E-state index in [2.05, 4.69) is 25.3 Å². The van der Waals surface area contributed by atoms with E-state index in [1.54, 1.807) is 16.2 Å². The first kappa shape index (κ1) is 14.2. The van der Waals surface area contributed by atoms with Crippen LogP contribution in [0, 0.1) is 6.92 Å². The van der Waals surface area contributed by atoms with Crippen molar-refractivity contribution in [3.05, 3.63) is 21.9 Å². The minimum Gasteiger partial charge on any atom is -0.339 e. The Bertz CT molecular complexity index is 362. The third-order valence-electron chi connectivity index (χ3n) is 2.91. The van der Waals surface area contributed by atoms with Crippen LogP contribution in [0.4, 0.5) is 0 Å². The molecule has 0 aromatic carbocycles. The van der Waals surface area contributed by atoms with E-state index in [-0.39, 0.29) is 11.9 Å². The second-order valence-corrected chi connectivity index (χ2v) is 5.47. The van der Waals surface area contributed by atoms with Crippen molar-refractivity contribution in [1.29, 1.82) is 0 Å². The topological polar surface area (TPSA) is 46.3 Å². The Morgan fingerprint density at radius 1 is 1.59 bits per heavy atom. The van der Waals surface area contributed by atoms with E-state index in [9.17, 15) is 4.79 Å². The fourth-order valence-electron chi connectivity index (χ4n) is 1.69. The van der Waals surface area contributed by atoms with Crippen molar-refractivity contribution in [3.63, 3.8) is 0 Å². The molecule has 1 unspecified atom stereocenters. The number of nitrogens with two attached hydrogens (primary N) is 1. The lowest BCUT2D eigenvalue weighted by atomic mass is 10.1. The Morgan fingerprint density at radius 2 is 2.29 bits per heavy atom. The monoisotopic (exact) mass is 254 g/mol. The first-order valence-corrected chi connectivity index (χ1v) is 6.97. The quantitative estimate of drug-likeness (QED) is 0.848. The number of hydrogen-bond acceptors (Lipinski definition) is 3. The second-order valence-electron chi connectivity index (χ2n) is 4.47. The zero-order chi connectivity index (χ0) is 12.8. The molecule has 96 valence electrons. The minimum absolute atomic E-state index is 0.0475.